The van der Waals surface area contributed by atoms with Crippen molar-refractivity contribution in [3.8, 4) is 17.4 Å². The van der Waals surface area contributed by atoms with Crippen molar-refractivity contribution in [1.29, 1.82) is 5.26 Å². The summed E-state index contributed by atoms with van der Waals surface area (Å²) < 4.78 is 6.96. The van der Waals surface area contributed by atoms with Crippen LogP contribution >= 0.6 is 27.5 Å². The van der Waals surface area contributed by atoms with E-state index in [2.05, 4.69) is 47.6 Å². The van der Waals surface area contributed by atoms with E-state index in [1.165, 1.54) is 0 Å². The van der Waals surface area contributed by atoms with Gasteiger partial charge in [-0.2, -0.15) is 5.26 Å². The predicted octanol–water partition coefficient (Wildman–Crippen LogP) is 6.89. The third-order valence-corrected chi connectivity index (χ3v) is 6.62. The molecule has 0 fully saturated rings. The van der Waals surface area contributed by atoms with Gasteiger partial charge in [0.2, 0.25) is 0 Å². The lowest BCUT2D eigenvalue weighted by atomic mass is 10.1. The van der Waals surface area contributed by atoms with Gasteiger partial charge < -0.3 is 20.0 Å². The number of fused-ring (bicyclic) bond motifs is 1. The van der Waals surface area contributed by atoms with Crippen molar-refractivity contribution in [3.63, 3.8) is 0 Å². The fraction of sp³-hybridized carbons (Fsp3) is 0.148. The molecule has 5 rings (SSSR count). The Morgan fingerprint density at radius 1 is 1.14 bits per heavy atom. The Kier molecular flexibility index (Phi) is 7.05. The average Bonchev–Trinajstić information content (AvgIpc) is 3.56. The van der Waals surface area contributed by atoms with Gasteiger partial charge in [-0.05, 0) is 48.9 Å². The van der Waals surface area contributed by atoms with Gasteiger partial charge in [0.1, 0.15) is 17.6 Å². The fourth-order valence-corrected chi connectivity index (χ4v) is 5.05. The van der Waals surface area contributed by atoms with Gasteiger partial charge >= 0.3 is 0 Å². The third-order valence-electron chi connectivity index (χ3n) is 5.86. The van der Waals surface area contributed by atoms with Crippen molar-refractivity contribution in [1.82, 2.24) is 20.3 Å². The normalized spacial score (nSPS) is 11.1. The smallest absolute Gasteiger partial charge is 0.134 e. The highest BCUT2D eigenvalue weighted by Gasteiger charge is 2.15. The van der Waals surface area contributed by atoms with Crippen molar-refractivity contribution < 1.29 is 4.42 Å². The summed E-state index contributed by atoms with van der Waals surface area (Å²) >= 11 is 9.96. The maximum absolute atomic E-state index is 9.72. The number of rotatable bonds is 8. The largest absolute Gasteiger partial charge is 0.460 e. The lowest BCUT2D eigenvalue weighted by molar-refractivity contribution is 0.494. The van der Waals surface area contributed by atoms with Gasteiger partial charge in [-0.1, -0.05) is 33.6 Å². The van der Waals surface area contributed by atoms with Crippen LogP contribution in [0.15, 0.2) is 70.1 Å². The molecule has 0 radical (unpaired) electrons. The Morgan fingerprint density at radius 2 is 2.03 bits per heavy atom. The lowest BCUT2D eigenvalue weighted by Gasteiger charge is -2.15. The molecule has 3 heterocycles. The minimum Gasteiger partial charge on any atom is -0.460 e. The number of aryl methyl sites for hydroxylation is 1. The lowest BCUT2D eigenvalue weighted by Crippen LogP contribution is -2.16. The number of aromatic amines is 1. The van der Waals surface area contributed by atoms with Crippen LogP contribution in [0.1, 0.15) is 22.6 Å². The van der Waals surface area contributed by atoms with E-state index in [0.29, 0.717) is 22.8 Å². The summed E-state index contributed by atoms with van der Waals surface area (Å²) in [4.78, 5) is 11.7. The molecule has 0 spiro atoms. The first-order valence-electron chi connectivity index (χ1n) is 11.3. The van der Waals surface area contributed by atoms with E-state index in [0.717, 1.165) is 62.4 Å². The van der Waals surface area contributed by atoms with Gasteiger partial charge in [0.25, 0.3) is 0 Å². The highest BCUT2D eigenvalue weighted by molar-refractivity contribution is 9.10. The van der Waals surface area contributed by atoms with Crippen LogP contribution in [-0.4, -0.2) is 21.5 Å². The van der Waals surface area contributed by atoms with Gasteiger partial charge in [-0.25, -0.2) is 4.98 Å². The summed E-state index contributed by atoms with van der Waals surface area (Å²) in [6.45, 7) is 3.41. The molecule has 9 heteroatoms. The first kappa shape index (κ1) is 24.1. The number of imidazole rings is 1. The molecule has 3 N–H and O–H groups in total. The van der Waals surface area contributed by atoms with Gasteiger partial charge in [-0.3, -0.25) is 4.98 Å². The number of halogens is 2. The number of nitriles is 1. The number of benzene rings is 2. The van der Waals surface area contributed by atoms with Crippen LogP contribution in [0.25, 0.3) is 22.2 Å². The quantitative estimate of drug-likeness (QED) is 0.178. The summed E-state index contributed by atoms with van der Waals surface area (Å²) in [5, 5.41) is 17.9. The van der Waals surface area contributed by atoms with Crippen LogP contribution in [0.3, 0.4) is 0 Å². The van der Waals surface area contributed by atoms with Crippen molar-refractivity contribution in [2.45, 2.75) is 19.9 Å². The molecule has 7 nitrogen and oxygen atoms in total. The second-order valence-corrected chi connectivity index (χ2v) is 9.69. The predicted molar refractivity (Wildman–Crippen MR) is 145 cm³/mol. The number of aromatic nitrogens is 3. The maximum Gasteiger partial charge on any atom is 0.134 e. The number of nitrogens with zero attached hydrogens (tertiary/aromatic N) is 3. The van der Waals surface area contributed by atoms with Crippen LogP contribution in [0, 0.1) is 18.3 Å². The highest BCUT2D eigenvalue weighted by Crippen LogP contribution is 2.37. The molecule has 0 saturated carbocycles. The van der Waals surface area contributed by atoms with E-state index in [4.69, 9.17) is 16.0 Å². The van der Waals surface area contributed by atoms with Gasteiger partial charge in [-0.15, -0.1) is 0 Å². The molecule has 2 aromatic carbocycles. The van der Waals surface area contributed by atoms with Crippen molar-refractivity contribution in [2.75, 3.05) is 11.9 Å². The Balaban J connectivity index is 1.37. The number of furan rings is 1. The van der Waals surface area contributed by atoms with Gasteiger partial charge in [0.15, 0.2) is 0 Å². The molecule has 0 aliphatic rings. The first-order chi connectivity index (χ1) is 17.5. The number of nitrogens with one attached hydrogen (secondary N) is 3. The third kappa shape index (κ3) is 5.14. The van der Waals surface area contributed by atoms with Crippen LogP contribution in [0.4, 0.5) is 11.4 Å². The average molecular weight is 562 g/mol. The standard InChI is InChI=1S/C27H22BrClN6O/c1-16-8-19(28)10-23(29)26(16)35-27-18(11-30)12-33-24-9-17(2-4-22(24)27)25-5-3-21(36-25)14-31-7-6-20-13-32-15-34-20/h2-5,8-10,12-13,15,31H,6-7,14H2,1H3,(H,32,34)(H,33,35). The molecule has 0 atom stereocenters. The van der Waals surface area contributed by atoms with Crippen LogP contribution in [0.5, 0.6) is 0 Å². The fourth-order valence-electron chi connectivity index (χ4n) is 4.04. The van der Waals surface area contributed by atoms with E-state index in [1.54, 1.807) is 12.5 Å². The van der Waals surface area contributed by atoms with E-state index in [-0.39, 0.29) is 0 Å². The topological polar surface area (TPSA) is 103 Å². The zero-order valence-corrected chi connectivity index (χ0v) is 21.7. The number of hydrogen-bond donors (Lipinski definition) is 3. The molecule has 3 aromatic heterocycles. The monoisotopic (exact) mass is 560 g/mol. The molecular formula is C27H22BrClN6O. The highest BCUT2D eigenvalue weighted by atomic mass is 79.9. The second-order valence-electron chi connectivity index (χ2n) is 8.36. The molecule has 0 unspecified atom stereocenters. The minimum absolute atomic E-state index is 0.440. The zero-order valence-electron chi connectivity index (χ0n) is 19.4. The number of anilines is 2. The summed E-state index contributed by atoms with van der Waals surface area (Å²) in [7, 11) is 0. The summed E-state index contributed by atoms with van der Waals surface area (Å²) in [6.07, 6.45) is 5.96. The molecule has 0 bridgehead atoms. The van der Waals surface area contributed by atoms with E-state index >= 15 is 0 Å². The molecule has 5 aromatic rings. The molecular weight excluding hydrogens is 540 g/mol. The molecule has 36 heavy (non-hydrogen) atoms. The van der Waals surface area contributed by atoms with Crippen molar-refractivity contribution >= 4 is 49.8 Å². The Morgan fingerprint density at radius 3 is 2.81 bits per heavy atom. The first-order valence-corrected chi connectivity index (χ1v) is 12.5. The Labute approximate surface area is 221 Å². The second kappa shape index (κ2) is 10.5. The molecule has 0 amide bonds. The van der Waals surface area contributed by atoms with E-state index in [1.807, 2.05) is 55.6 Å². The molecule has 0 aliphatic carbocycles. The Bertz CT molecular complexity index is 1550. The van der Waals surface area contributed by atoms with Crippen molar-refractivity contribution in [2.24, 2.45) is 0 Å². The summed E-state index contributed by atoms with van der Waals surface area (Å²) in [5.74, 6) is 1.61. The SMILES string of the molecule is Cc1cc(Br)cc(Cl)c1Nc1c(C#N)cnc2cc(-c3ccc(CNCCc4cnc[nH]4)o3)ccc12. The number of hydrogen-bond acceptors (Lipinski definition) is 6. The van der Waals surface area contributed by atoms with E-state index in [9.17, 15) is 5.26 Å². The zero-order chi connectivity index (χ0) is 25.1. The molecule has 0 saturated heterocycles. The number of H-pyrrole nitrogens is 1. The minimum atomic E-state index is 0.440. The summed E-state index contributed by atoms with van der Waals surface area (Å²) in [5.41, 5.74) is 5.57. The van der Waals surface area contributed by atoms with Crippen LogP contribution < -0.4 is 10.6 Å². The molecule has 180 valence electrons. The Hall–Kier alpha value is -3.64. The summed E-state index contributed by atoms with van der Waals surface area (Å²) in [6, 6.07) is 15.9. The van der Waals surface area contributed by atoms with E-state index < -0.39 is 0 Å². The van der Waals surface area contributed by atoms with Gasteiger partial charge in [0.05, 0.1) is 40.3 Å². The maximum atomic E-state index is 9.72. The molecule has 0 aliphatic heterocycles. The van der Waals surface area contributed by atoms with Crippen LogP contribution in [0.2, 0.25) is 5.02 Å². The van der Waals surface area contributed by atoms with Crippen molar-refractivity contribution in [3.05, 3.63) is 93.3 Å². The van der Waals surface area contributed by atoms with Gasteiger partial charge in [0, 0.05) is 46.5 Å². The number of pyridine rings is 1. The van der Waals surface area contributed by atoms with Crippen LogP contribution in [-0.2, 0) is 13.0 Å².